The number of hydrogen-bond donors (Lipinski definition) is 1. The van der Waals surface area contributed by atoms with Crippen molar-refractivity contribution in [3.8, 4) is 11.5 Å². The van der Waals surface area contributed by atoms with Crippen LogP contribution in [0.2, 0.25) is 10.0 Å². The molecule has 0 saturated carbocycles. The third-order valence-corrected chi connectivity index (χ3v) is 6.49. The van der Waals surface area contributed by atoms with Gasteiger partial charge in [-0.25, -0.2) is 0 Å². The number of amides is 1. The topological polar surface area (TPSA) is 76.1 Å². The van der Waals surface area contributed by atoms with Crippen LogP contribution in [-0.2, 0) is 9.59 Å². The third-order valence-electron chi connectivity index (χ3n) is 5.79. The molecule has 0 aliphatic carbocycles. The third kappa shape index (κ3) is 3.89. The summed E-state index contributed by atoms with van der Waals surface area (Å²) >= 11 is 12.5. The van der Waals surface area contributed by atoms with Gasteiger partial charge in [0, 0.05) is 16.8 Å². The van der Waals surface area contributed by atoms with E-state index in [1.807, 2.05) is 6.07 Å². The van der Waals surface area contributed by atoms with E-state index < -0.39 is 23.5 Å². The summed E-state index contributed by atoms with van der Waals surface area (Å²) in [6, 6.07) is 16.2. The summed E-state index contributed by atoms with van der Waals surface area (Å²) in [4.78, 5) is 28.1. The SMILES string of the molecule is COc1cc(/C(O)=C2\C(=O)C(=O)N(c3cccc(Cl)c3C)C2c2ccccc2)c(OC)cc1Cl. The van der Waals surface area contributed by atoms with Gasteiger partial charge in [0.2, 0.25) is 0 Å². The number of aliphatic hydroxyl groups excluding tert-OH is 1. The minimum Gasteiger partial charge on any atom is -0.507 e. The highest BCUT2D eigenvalue weighted by atomic mass is 35.5. The van der Waals surface area contributed by atoms with Gasteiger partial charge in [-0.15, -0.1) is 0 Å². The molecular formula is C26H21Cl2NO5. The van der Waals surface area contributed by atoms with Crippen molar-refractivity contribution in [3.05, 3.63) is 93.0 Å². The summed E-state index contributed by atoms with van der Waals surface area (Å²) in [6.07, 6.45) is 0. The molecule has 1 fully saturated rings. The first kappa shape index (κ1) is 23.7. The molecule has 1 unspecified atom stereocenters. The van der Waals surface area contributed by atoms with Crippen molar-refractivity contribution in [3.63, 3.8) is 0 Å². The number of ketones is 1. The van der Waals surface area contributed by atoms with Crippen LogP contribution in [0.3, 0.4) is 0 Å². The lowest BCUT2D eigenvalue weighted by Gasteiger charge is -2.27. The van der Waals surface area contributed by atoms with Gasteiger partial charge in [-0.2, -0.15) is 0 Å². The maximum atomic E-state index is 13.4. The van der Waals surface area contributed by atoms with Gasteiger partial charge < -0.3 is 14.6 Å². The Kier molecular flexibility index (Phi) is 6.55. The van der Waals surface area contributed by atoms with E-state index in [1.165, 1.54) is 31.3 Å². The van der Waals surface area contributed by atoms with Crippen LogP contribution in [-0.4, -0.2) is 31.0 Å². The average Bonchev–Trinajstić information content (AvgIpc) is 3.11. The normalized spacial score (nSPS) is 17.2. The predicted molar refractivity (Wildman–Crippen MR) is 132 cm³/mol. The van der Waals surface area contributed by atoms with E-state index in [0.29, 0.717) is 21.8 Å². The van der Waals surface area contributed by atoms with Gasteiger partial charge in [-0.3, -0.25) is 14.5 Å². The van der Waals surface area contributed by atoms with Crippen LogP contribution < -0.4 is 14.4 Å². The molecule has 6 nitrogen and oxygen atoms in total. The molecule has 1 amide bonds. The molecule has 8 heteroatoms. The van der Waals surface area contributed by atoms with Crippen LogP contribution >= 0.6 is 23.2 Å². The first-order valence-corrected chi connectivity index (χ1v) is 11.1. The molecule has 0 radical (unpaired) electrons. The van der Waals surface area contributed by atoms with Gasteiger partial charge in [0.05, 0.1) is 36.4 Å². The van der Waals surface area contributed by atoms with E-state index in [9.17, 15) is 14.7 Å². The maximum absolute atomic E-state index is 13.4. The lowest BCUT2D eigenvalue weighted by atomic mass is 9.94. The molecule has 3 aromatic rings. The van der Waals surface area contributed by atoms with Crippen molar-refractivity contribution in [1.29, 1.82) is 0 Å². The van der Waals surface area contributed by atoms with E-state index in [4.69, 9.17) is 32.7 Å². The van der Waals surface area contributed by atoms with Gasteiger partial charge in [0.15, 0.2) is 0 Å². The number of anilines is 1. The summed E-state index contributed by atoms with van der Waals surface area (Å²) in [6.45, 7) is 1.77. The molecule has 1 N–H and O–H groups in total. The van der Waals surface area contributed by atoms with E-state index in [1.54, 1.807) is 49.4 Å². The quantitative estimate of drug-likeness (QED) is 0.268. The van der Waals surface area contributed by atoms with Gasteiger partial charge in [-0.05, 0) is 36.2 Å². The van der Waals surface area contributed by atoms with Crippen molar-refractivity contribution in [2.75, 3.05) is 19.1 Å². The summed E-state index contributed by atoms with van der Waals surface area (Å²) < 4.78 is 10.7. The van der Waals surface area contributed by atoms with Crippen LogP contribution in [0.15, 0.2) is 66.2 Å². The van der Waals surface area contributed by atoms with E-state index in [-0.39, 0.29) is 27.7 Å². The van der Waals surface area contributed by atoms with Crippen molar-refractivity contribution >= 4 is 46.3 Å². The Bertz CT molecular complexity index is 1320. The molecule has 4 rings (SSSR count). The maximum Gasteiger partial charge on any atom is 0.300 e. The van der Waals surface area contributed by atoms with Crippen LogP contribution in [0.1, 0.15) is 22.7 Å². The van der Waals surface area contributed by atoms with Gasteiger partial charge in [0.1, 0.15) is 17.3 Å². The minimum absolute atomic E-state index is 0.0850. The summed E-state index contributed by atoms with van der Waals surface area (Å²) in [7, 11) is 2.85. The number of carbonyl (C=O) groups excluding carboxylic acids is 2. The Labute approximate surface area is 206 Å². The second-order valence-electron chi connectivity index (χ2n) is 7.65. The zero-order chi connectivity index (χ0) is 24.6. The monoisotopic (exact) mass is 497 g/mol. The number of nitrogens with zero attached hydrogens (tertiary/aromatic N) is 1. The minimum atomic E-state index is -0.898. The first-order valence-electron chi connectivity index (χ1n) is 10.3. The Hall–Kier alpha value is -3.48. The number of rotatable bonds is 5. The van der Waals surface area contributed by atoms with E-state index in [0.717, 1.165) is 0 Å². The number of hydrogen-bond acceptors (Lipinski definition) is 5. The van der Waals surface area contributed by atoms with E-state index in [2.05, 4.69) is 0 Å². The Morgan fingerprint density at radius 3 is 2.24 bits per heavy atom. The molecule has 1 saturated heterocycles. The molecule has 3 aromatic carbocycles. The second kappa shape index (κ2) is 9.41. The Morgan fingerprint density at radius 2 is 1.59 bits per heavy atom. The molecular weight excluding hydrogens is 477 g/mol. The lowest BCUT2D eigenvalue weighted by Crippen LogP contribution is -2.30. The van der Waals surface area contributed by atoms with E-state index >= 15 is 0 Å². The van der Waals surface area contributed by atoms with Crippen LogP contribution in [0, 0.1) is 6.92 Å². The summed E-state index contributed by atoms with van der Waals surface area (Å²) in [5.74, 6) is -1.51. The van der Waals surface area contributed by atoms with Crippen LogP contribution in [0.4, 0.5) is 5.69 Å². The second-order valence-corrected chi connectivity index (χ2v) is 8.47. The van der Waals surface area contributed by atoms with Crippen LogP contribution in [0.25, 0.3) is 5.76 Å². The Morgan fingerprint density at radius 1 is 0.912 bits per heavy atom. The molecule has 1 aliphatic heterocycles. The van der Waals surface area contributed by atoms with Gasteiger partial charge >= 0.3 is 0 Å². The molecule has 0 spiro atoms. The number of halogens is 2. The number of ether oxygens (including phenoxy) is 2. The highest BCUT2D eigenvalue weighted by Crippen LogP contribution is 2.45. The van der Waals surface area contributed by atoms with Gasteiger partial charge in [-0.1, -0.05) is 59.6 Å². The number of Topliss-reactive ketones (excluding diaryl/α,β-unsaturated/α-hetero) is 1. The Balaban J connectivity index is 2.02. The predicted octanol–water partition coefficient (Wildman–Crippen LogP) is 5.95. The zero-order valence-electron chi connectivity index (χ0n) is 18.6. The smallest absolute Gasteiger partial charge is 0.300 e. The molecule has 1 heterocycles. The standard InChI is InChI=1S/C26H21Cl2NO5/c1-14-17(27)10-7-11-19(14)29-23(15-8-5-4-6-9-15)22(25(31)26(29)32)24(30)16-12-21(34-3)18(28)13-20(16)33-2/h4-13,23,30H,1-3H3/b24-22+. The molecule has 1 aliphatic rings. The number of carbonyl (C=O) groups is 2. The number of aliphatic hydroxyl groups is 1. The van der Waals surface area contributed by atoms with Crippen LogP contribution in [0.5, 0.6) is 11.5 Å². The highest BCUT2D eigenvalue weighted by molar-refractivity contribution is 6.52. The largest absolute Gasteiger partial charge is 0.507 e. The van der Waals surface area contributed by atoms with Crippen molar-refractivity contribution in [2.45, 2.75) is 13.0 Å². The van der Waals surface area contributed by atoms with Crippen molar-refractivity contribution in [1.82, 2.24) is 0 Å². The molecule has 34 heavy (non-hydrogen) atoms. The van der Waals surface area contributed by atoms with Crippen molar-refractivity contribution < 1.29 is 24.2 Å². The molecule has 1 atom stereocenters. The fraction of sp³-hybridized carbons (Fsp3) is 0.154. The van der Waals surface area contributed by atoms with Crippen molar-refractivity contribution in [2.24, 2.45) is 0 Å². The summed E-state index contributed by atoms with van der Waals surface area (Å²) in [5.41, 5.74) is 1.84. The number of methoxy groups -OCH3 is 2. The van der Waals surface area contributed by atoms with Gasteiger partial charge in [0.25, 0.3) is 11.7 Å². The fourth-order valence-electron chi connectivity index (χ4n) is 4.08. The lowest BCUT2D eigenvalue weighted by molar-refractivity contribution is -0.132. The first-order chi connectivity index (χ1) is 16.3. The average molecular weight is 498 g/mol. The molecule has 0 aromatic heterocycles. The molecule has 174 valence electrons. The summed E-state index contributed by atoms with van der Waals surface area (Å²) in [5, 5.41) is 12.1. The highest BCUT2D eigenvalue weighted by Gasteiger charge is 2.47. The fourth-order valence-corrected chi connectivity index (χ4v) is 4.48. The zero-order valence-corrected chi connectivity index (χ0v) is 20.1. The molecule has 0 bridgehead atoms. The number of benzene rings is 3.